The summed E-state index contributed by atoms with van der Waals surface area (Å²) in [5.74, 6) is -0.596. The highest BCUT2D eigenvalue weighted by atomic mass is 35.5. The number of halogens is 3. The summed E-state index contributed by atoms with van der Waals surface area (Å²) in [7, 11) is 0. The van der Waals surface area contributed by atoms with Gasteiger partial charge in [0.15, 0.2) is 0 Å². The lowest BCUT2D eigenvalue weighted by atomic mass is 9.82. The fourth-order valence-corrected chi connectivity index (χ4v) is 6.16. The van der Waals surface area contributed by atoms with Crippen LogP contribution in [0, 0.1) is 17.6 Å². The van der Waals surface area contributed by atoms with Crippen LogP contribution in [0.4, 0.5) is 13.6 Å². The van der Waals surface area contributed by atoms with Crippen molar-refractivity contribution in [1.29, 1.82) is 0 Å². The Morgan fingerprint density at radius 3 is 2.54 bits per heavy atom. The maximum atomic E-state index is 15.1. The second-order valence-corrected chi connectivity index (χ2v) is 10.3. The van der Waals surface area contributed by atoms with Crippen LogP contribution in [0.2, 0.25) is 0 Å². The topological polar surface area (TPSA) is 61.9 Å². The molecule has 3 unspecified atom stereocenters. The van der Waals surface area contributed by atoms with Gasteiger partial charge < -0.3 is 19.9 Å². The summed E-state index contributed by atoms with van der Waals surface area (Å²) in [5, 5.41) is 2.82. The molecule has 0 spiro atoms. The number of amides is 2. The highest BCUT2D eigenvalue weighted by molar-refractivity contribution is 5.94. The van der Waals surface area contributed by atoms with E-state index in [-0.39, 0.29) is 48.9 Å². The summed E-state index contributed by atoms with van der Waals surface area (Å²) < 4.78 is 34.0. The van der Waals surface area contributed by atoms with Gasteiger partial charge in [0.25, 0.3) is 5.91 Å². The molecule has 3 atom stereocenters. The highest BCUT2D eigenvalue weighted by Crippen LogP contribution is 2.35. The zero-order chi connectivity index (χ0) is 24.8. The van der Waals surface area contributed by atoms with E-state index in [1.165, 1.54) is 30.3 Å². The van der Waals surface area contributed by atoms with E-state index in [0.29, 0.717) is 17.0 Å². The van der Waals surface area contributed by atoms with Crippen molar-refractivity contribution in [3.05, 3.63) is 76.9 Å². The highest BCUT2D eigenvalue weighted by Gasteiger charge is 2.40. The van der Waals surface area contributed by atoms with Crippen LogP contribution >= 0.6 is 12.4 Å². The maximum Gasteiger partial charge on any atom is 0.408 e. The van der Waals surface area contributed by atoms with Crippen molar-refractivity contribution in [2.45, 2.75) is 50.4 Å². The Hall–Kier alpha value is -2.97. The number of carbonyl (C=O) groups is 2. The van der Waals surface area contributed by atoms with E-state index in [2.05, 4.69) is 10.2 Å². The largest absolute Gasteiger partial charge is 0.440 e. The van der Waals surface area contributed by atoms with Gasteiger partial charge >= 0.3 is 6.09 Å². The van der Waals surface area contributed by atoms with Crippen LogP contribution in [0.15, 0.2) is 48.5 Å². The molecule has 9 heteroatoms. The Morgan fingerprint density at radius 2 is 1.84 bits per heavy atom. The van der Waals surface area contributed by atoms with Gasteiger partial charge in [-0.2, -0.15) is 0 Å². The Morgan fingerprint density at radius 1 is 1.08 bits per heavy atom. The van der Waals surface area contributed by atoms with Crippen LogP contribution in [0.3, 0.4) is 0 Å². The fourth-order valence-electron chi connectivity index (χ4n) is 6.16. The van der Waals surface area contributed by atoms with E-state index in [1.54, 1.807) is 11.0 Å². The molecule has 37 heavy (non-hydrogen) atoms. The van der Waals surface area contributed by atoms with Crippen molar-refractivity contribution in [2.75, 3.05) is 19.6 Å². The third-order valence-electron chi connectivity index (χ3n) is 8.16. The summed E-state index contributed by atoms with van der Waals surface area (Å²) in [6.45, 7) is 2.96. The molecule has 2 aromatic carbocycles. The lowest BCUT2D eigenvalue weighted by molar-refractivity contribution is 0.00433. The first-order chi connectivity index (χ1) is 17.4. The number of ether oxygens (including phenoxy) is 1. The molecule has 4 aliphatic heterocycles. The lowest BCUT2D eigenvalue weighted by Gasteiger charge is -2.49. The van der Waals surface area contributed by atoms with E-state index in [4.69, 9.17) is 4.74 Å². The zero-order valence-electron chi connectivity index (χ0n) is 20.4. The van der Waals surface area contributed by atoms with Gasteiger partial charge in [-0.25, -0.2) is 13.6 Å². The molecule has 6 nitrogen and oxygen atoms in total. The quantitative estimate of drug-likeness (QED) is 0.606. The van der Waals surface area contributed by atoms with Crippen molar-refractivity contribution >= 4 is 30.0 Å². The average molecular weight is 530 g/mol. The molecule has 0 saturated carbocycles. The number of hydrogen-bond donors (Lipinski definition) is 1. The van der Waals surface area contributed by atoms with Crippen LogP contribution < -0.4 is 5.32 Å². The summed E-state index contributed by atoms with van der Waals surface area (Å²) in [6.07, 6.45) is 4.74. The molecule has 2 bridgehead atoms. The normalized spacial score (nSPS) is 27.9. The Labute approximate surface area is 221 Å². The third kappa shape index (κ3) is 5.09. The Balaban J connectivity index is 0.00000280. The van der Waals surface area contributed by atoms with Crippen LogP contribution in [-0.4, -0.2) is 59.6 Å². The predicted molar refractivity (Wildman–Crippen MR) is 137 cm³/mol. The Bertz CT molecular complexity index is 1210. The molecule has 4 heterocycles. The van der Waals surface area contributed by atoms with Gasteiger partial charge in [-0.1, -0.05) is 6.07 Å². The molecule has 7 rings (SSSR count). The molecule has 196 valence electrons. The number of piperidine rings is 3. The number of benzene rings is 2. The first kappa shape index (κ1) is 25.7. The number of carbonyl (C=O) groups excluding carboxylic acids is 2. The molecule has 4 saturated heterocycles. The van der Waals surface area contributed by atoms with Gasteiger partial charge in [0.05, 0.1) is 6.04 Å². The number of alkyl carbamates (subject to hydrolysis) is 1. The van der Waals surface area contributed by atoms with Crippen LogP contribution in [-0.2, 0) is 11.3 Å². The lowest BCUT2D eigenvalue weighted by Crippen LogP contribution is -2.58. The standard InChI is InChI=1S/C28H29F2N3O3.ClH/c29-22-5-1-18(2-6-22)27(34)33(25-16-32-11-9-17(25)10-12-32)15-21-13-19(3-7-23(21)30)20-4-8-24-26(14-20)36-28(35)31-24;/h1-3,5-7,13-14,17,24-26H,4,8-12,15-16H2,(H,31,35);1H. The maximum absolute atomic E-state index is 15.1. The monoisotopic (exact) mass is 529 g/mol. The van der Waals surface area contributed by atoms with Gasteiger partial charge in [0, 0.05) is 30.3 Å². The van der Waals surface area contributed by atoms with Crippen LogP contribution in [0.25, 0.3) is 5.57 Å². The van der Waals surface area contributed by atoms with E-state index < -0.39 is 11.9 Å². The average Bonchev–Trinajstić information content (AvgIpc) is 3.28. The first-order valence-electron chi connectivity index (χ1n) is 12.7. The van der Waals surface area contributed by atoms with Gasteiger partial charge in [0.1, 0.15) is 17.7 Å². The minimum absolute atomic E-state index is 0. The molecule has 4 fully saturated rings. The summed E-state index contributed by atoms with van der Waals surface area (Å²) in [4.78, 5) is 29.4. The third-order valence-corrected chi connectivity index (χ3v) is 8.16. The molecule has 1 aliphatic carbocycles. The van der Waals surface area contributed by atoms with Crippen molar-refractivity contribution < 1.29 is 23.1 Å². The van der Waals surface area contributed by atoms with Crippen molar-refractivity contribution in [1.82, 2.24) is 15.1 Å². The van der Waals surface area contributed by atoms with Crippen molar-refractivity contribution in [3.63, 3.8) is 0 Å². The van der Waals surface area contributed by atoms with E-state index in [0.717, 1.165) is 56.5 Å². The molecule has 0 aromatic heterocycles. The second-order valence-electron chi connectivity index (χ2n) is 10.3. The number of fused-ring (bicyclic) bond motifs is 4. The minimum Gasteiger partial charge on any atom is -0.440 e. The van der Waals surface area contributed by atoms with Crippen molar-refractivity contribution in [2.24, 2.45) is 5.92 Å². The first-order valence-corrected chi connectivity index (χ1v) is 12.7. The second kappa shape index (κ2) is 10.4. The number of allylic oxidation sites excluding steroid dienone is 1. The zero-order valence-corrected chi connectivity index (χ0v) is 21.2. The van der Waals surface area contributed by atoms with Gasteiger partial charge in [-0.15, -0.1) is 12.4 Å². The van der Waals surface area contributed by atoms with E-state index in [9.17, 15) is 14.0 Å². The summed E-state index contributed by atoms with van der Waals surface area (Å²) in [5.41, 5.74) is 2.73. The Kier molecular flexibility index (Phi) is 7.23. The molecule has 5 aliphatic rings. The SMILES string of the molecule is Cl.O=C1NC2CCC(c3ccc(F)c(CN(C(=O)c4ccc(F)cc4)C4CN5CCC4CC5)c3)=CC2O1. The van der Waals surface area contributed by atoms with Crippen molar-refractivity contribution in [3.8, 4) is 0 Å². The fraction of sp³-hybridized carbons (Fsp3) is 0.429. The molecule has 2 aromatic rings. The number of hydrogen-bond acceptors (Lipinski definition) is 4. The molecule has 0 radical (unpaired) electrons. The number of rotatable bonds is 5. The predicted octanol–water partition coefficient (Wildman–Crippen LogP) is 4.78. The van der Waals surface area contributed by atoms with Gasteiger partial charge in [-0.05, 0) is 98.3 Å². The smallest absolute Gasteiger partial charge is 0.408 e. The molecular weight excluding hydrogens is 500 g/mol. The van der Waals surface area contributed by atoms with E-state index in [1.807, 2.05) is 12.1 Å². The number of nitrogens with one attached hydrogen (secondary N) is 1. The van der Waals surface area contributed by atoms with Gasteiger partial charge in [0.2, 0.25) is 0 Å². The number of nitrogens with zero attached hydrogens (tertiary/aromatic N) is 2. The summed E-state index contributed by atoms with van der Waals surface area (Å²) in [6, 6.07) is 10.5. The van der Waals surface area contributed by atoms with Crippen LogP contribution in [0.5, 0.6) is 0 Å². The minimum atomic E-state index is -0.408. The molecule has 1 N–H and O–H groups in total. The van der Waals surface area contributed by atoms with E-state index >= 15 is 4.39 Å². The van der Waals surface area contributed by atoms with Gasteiger partial charge in [-0.3, -0.25) is 4.79 Å². The van der Waals surface area contributed by atoms with Crippen LogP contribution in [0.1, 0.15) is 47.2 Å². The molecular formula is C28H30ClF2N3O3. The molecule has 2 amide bonds. The summed E-state index contributed by atoms with van der Waals surface area (Å²) >= 11 is 0.